The average molecular weight is 441 g/mol. The highest BCUT2D eigenvalue weighted by Crippen LogP contribution is 2.15. The highest BCUT2D eigenvalue weighted by atomic mass is 28.4. The van der Waals surface area contributed by atoms with Gasteiger partial charge in [0.05, 0.1) is 0 Å². The van der Waals surface area contributed by atoms with Crippen molar-refractivity contribution >= 4 is 17.1 Å². The second-order valence-electron chi connectivity index (χ2n) is 6.83. The first-order valence-electron chi connectivity index (χ1n) is 10.6. The first-order chi connectivity index (χ1) is 13.4. The molecule has 0 unspecified atom stereocenters. The summed E-state index contributed by atoms with van der Waals surface area (Å²) < 4.78 is 22.2. The molecule has 0 atom stereocenters. The lowest BCUT2D eigenvalue weighted by molar-refractivity contribution is 0.188. The van der Waals surface area contributed by atoms with E-state index in [2.05, 4.69) is 23.7 Å². The van der Waals surface area contributed by atoms with Gasteiger partial charge in [-0.25, -0.2) is 0 Å². The van der Waals surface area contributed by atoms with Gasteiger partial charge in [-0.05, 0) is 65.0 Å². The van der Waals surface area contributed by atoms with E-state index >= 15 is 0 Å². The van der Waals surface area contributed by atoms with Gasteiger partial charge in [-0.3, -0.25) is 0 Å². The van der Waals surface area contributed by atoms with Crippen LogP contribution in [-0.2, 0) is 17.7 Å². The fourth-order valence-corrected chi connectivity index (χ4v) is 6.41. The number of nitrogens with one attached hydrogen (secondary N) is 2. The maximum atomic E-state index is 5.74. The Labute approximate surface area is 175 Å². The Kier molecular flexibility index (Phi) is 22.1. The minimum absolute atomic E-state index is 0.698. The van der Waals surface area contributed by atoms with Crippen molar-refractivity contribution < 1.29 is 17.7 Å². The zero-order valence-corrected chi connectivity index (χ0v) is 21.3. The summed E-state index contributed by atoms with van der Waals surface area (Å²) in [6, 6.07) is 2.07. The minimum atomic E-state index is -1.88. The molecule has 0 fully saturated rings. The molecule has 0 aromatic carbocycles. The van der Waals surface area contributed by atoms with Gasteiger partial charge in [-0.2, -0.15) is 0 Å². The van der Waals surface area contributed by atoms with E-state index < -0.39 is 17.1 Å². The Morgan fingerprint density at radius 1 is 0.679 bits per heavy atom. The summed E-state index contributed by atoms with van der Waals surface area (Å²) in [4.78, 5) is 0. The Morgan fingerprint density at radius 3 is 1.39 bits per heavy atom. The quantitative estimate of drug-likeness (QED) is 0.187. The van der Waals surface area contributed by atoms with Crippen molar-refractivity contribution in [1.29, 1.82) is 0 Å². The summed E-state index contributed by atoms with van der Waals surface area (Å²) in [5, 5.41) is 6.52. The summed E-state index contributed by atoms with van der Waals surface area (Å²) in [7, 11) is -0.259. The van der Waals surface area contributed by atoms with Crippen LogP contribution >= 0.6 is 0 Å². The van der Waals surface area contributed by atoms with Crippen LogP contribution in [0.25, 0.3) is 0 Å². The number of hydrogen-bond acceptors (Lipinski definition) is 8. The molecular weight excluding hydrogens is 392 g/mol. The molecule has 28 heavy (non-hydrogen) atoms. The fraction of sp³-hybridized carbons (Fsp3) is 1.00. The predicted octanol–water partition coefficient (Wildman–Crippen LogP) is 1.36. The van der Waals surface area contributed by atoms with Crippen molar-refractivity contribution in [1.82, 2.24) is 10.6 Å². The molecule has 6 N–H and O–H groups in total. The van der Waals surface area contributed by atoms with Gasteiger partial charge in [0.25, 0.3) is 0 Å². The Balaban J connectivity index is 0. The van der Waals surface area contributed by atoms with E-state index in [4.69, 9.17) is 29.2 Å². The lowest BCUT2D eigenvalue weighted by atomic mass is 10.5. The molecule has 0 aliphatic rings. The highest BCUT2D eigenvalue weighted by molar-refractivity contribution is 6.66. The lowest BCUT2D eigenvalue weighted by Gasteiger charge is -2.25. The zero-order chi connectivity index (χ0) is 21.7. The Morgan fingerprint density at radius 2 is 1.07 bits per heavy atom. The summed E-state index contributed by atoms with van der Waals surface area (Å²) in [6.45, 7) is 14.9. The molecule has 0 amide bonds. The average Bonchev–Trinajstić information content (AvgIpc) is 2.68. The second kappa shape index (κ2) is 20.4. The lowest BCUT2D eigenvalue weighted by Crippen LogP contribution is -2.39. The summed E-state index contributed by atoms with van der Waals surface area (Å²) in [6.07, 6.45) is 2.19. The van der Waals surface area contributed by atoms with Crippen LogP contribution in [0.3, 0.4) is 0 Å². The number of rotatable bonds is 18. The number of hydrogen-bond donors (Lipinski definition) is 4. The molecule has 0 aliphatic heterocycles. The van der Waals surface area contributed by atoms with Crippen LogP contribution in [0.2, 0.25) is 25.2 Å². The van der Waals surface area contributed by atoms with Crippen LogP contribution < -0.4 is 22.1 Å². The molecule has 0 aromatic heterocycles. The molecule has 0 saturated carbocycles. The van der Waals surface area contributed by atoms with Gasteiger partial charge >= 0.3 is 17.1 Å². The van der Waals surface area contributed by atoms with Gasteiger partial charge in [-0.1, -0.05) is 0 Å². The summed E-state index contributed by atoms with van der Waals surface area (Å²) in [5.41, 5.74) is 10.7. The topological polar surface area (TPSA) is 113 Å². The normalized spacial score (nSPS) is 12.0. The van der Waals surface area contributed by atoms with Crippen LogP contribution in [0, 0.1) is 0 Å². The smallest absolute Gasteiger partial charge is 0.334 e. The molecule has 0 aromatic rings. The molecule has 0 bridgehead atoms. The van der Waals surface area contributed by atoms with Crippen molar-refractivity contribution in [3.05, 3.63) is 0 Å². The minimum Gasteiger partial charge on any atom is -0.398 e. The zero-order valence-electron chi connectivity index (χ0n) is 19.3. The molecule has 0 radical (unpaired) electrons. The van der Waals surface area contributed by atoms with Gasteiger partial charge in [-0.15, -0.1) is 0 Å². The largest absolute Gasteiger partial charge is 0.398 e. The maximum absolute atomic E-state index is 5.74. The first kappa shape index (κ1) is 30.3. The summed E-state index contributed by atoms with van der Waals surface area (Å²) >= 11 is 0. The van der Waals surface area contributed by atoms with E-state index in [0.29, 0.717) is 13.1 Å². The Bertz CT molecular complexity index is 322. The van der Waals surface area contributed by atoms with E-state index in [0.717, 1.165) is 64.3 Å². The molecule has 172 valence electrons. The van der Waals surface area contributed by atoms with Gasteiger partial charge < -0.3 is 39.8 Å². The molecule has 0 spiro atoms. The van der Waals surface area contributed by atoms with Crippen molar-refractivity contribution in [3.63, 3.8) is 0 Å². The molecule has 0 saturated heterocycles. The third-order valence-electron chi connectivity index (χ3n) is 4.37. The van der Waals surface area contributed by atoms with Gasteiger partial charge in [0, 0.05) is 53.6 Å². The predicted molar refractivity (Wildman–Crippen MR) is 123 cm³/mol. The monoisotopic (exact) mass is 440 g/mol. The molecule has 0 rings (SSSR count). The summed E-state index contributed by atoms with van der Waals surface area (Å²) in [5.74, 6) is 0. The van der Waals surface area contributed by atoms with Crippen LogP contribution in [0.1, 0.15) is 26.7 Å². The number of nitrogens with two attached hydrogens (primary N) is 2. The molecule has 8 nitrogen and oxygen atoms in total. The van der Waals surface area contributed by atoms with E-state index in [9.17, 15) is 0 Å². The van der Waals surface area contributed by atoms with Gasteiger partial charge in [0.1, 0.15) is 0 Å². The molecular formula is C18H48N4O4Si2. The third-order valence-corrected chi connectivity index (χ3v) is 10.4. The first-order valence-corrected chi connectivity index (χ1v) is 15.6. The van der Waals surface area contributed by atoms with Gasteiger partial charge in [0.2, 0.25) is 0 Å². The molecule has 0 aliphatic carbocycles. The van der Waals surface area contributed by atoms with Crippen LogP contribution in [0.15, 0.2) is 0 Å². The van der Waals surface area contributed by atoms with E-state index in [1.54, 1.807) is 14.2 Å². The second-order valence-corrected chi connectivity index (χ2v) is 13.8. The van der Waals surface area contributed by atoms with Crippen LogP contribution in [0.5, 0.6) is 0 Å². The van der Waals surface area contributed by atoms with E-state index in [-0.39, 0.29) is 0 Å². The fourth-order valence-electron chi connectivity index (χ4n) is 2.61. The standard InChI is InChI=1S/C10H26N2O2Si.C8H22N2O2Si/c1-4-13-15(3,14-5-2)10-6-8-12-9-7-11;1-11-13(3,12-2)8-4-6-10-7-5-9/h12H,4-11H2,1-3H3;10H,4-9H2,1-3H3. The molecule has 0 heterocycles. The van der Waals surface area contributed by atoms with Crippen LogP contribution in [-0.4, -0.2) is 83.8 Å². The maximum Gasteiger partial charge on any atom is 0.334 e. The van der Waals surface area contributed by atoms with Crippen molar-refractivity contribution in [2.24, 2.45) is 11.5 Å². The SMILES string of the molecule is CCO[Si](C)(CCCNCCN)OCC.CO[Si](C)(CCCNCCN)OC. The van der Waals surface area contributed by atoms with Crippen molar-refractivity contribution in [2.45, 2.75) is 51.9 Å². The van der Waals surface area contributed by atoms with Gasteiger partial charge in [0.15, 0.2) is 0 Å². The van der Waals surface area contributed by atoms with E-state index in [1.165, 1.54) is 0 Å². The molecule has 10 heteroatoms. The van der Waals surface area contributed by atoms with E-state index in [1.807, 2.05) is 13.8 Å². The third kappa shape index (κ3) is 18.2. The van der Waals surface area contributed by atoms with Crippen LogP contribution in [0.4, 0.5) is 0 Å². The van der Waals surface area contributed by atoms with Crippen molar-refractivity contribution in [3.8, 4) is 0 Å². The van der Waals surface area contributed by atoms with Crippen molar-refractivity contribution in [2.75, 3.05) is 66.7 Å². The Hall–Kier alpha value is 0.114. The highest BCUT2D eigenvalue weighted by Gasteiger charge is 2.29.